The molecular weight excluding hydrogens is 849 g/mol. The van der Waals surface area contributed by atoms with Crippen molar-refractivity contribution in [2.45, 2.75) is 90.9 Å². The smallest absolute Gasteiger partial charge is 0.328 e. The number of nitrogens with one attached hydrogen (secondary N) is 1. The summed E-state index contributed by atoms with van der Waals surface area (Å²) in [6.45, 7) is 10.1. The van der Waals surface area contributed by atoms with Crippen LogP contribution < -0.4 is 14.8 Å². The van der Waals surface area contributed by atoms with Crippen molar-refractivity contribution < 1.29 is 28.3 Å². The van der Waals surface area contributed by atoms with Gasteiger partial charge in [0.25, 0.3) is 0 Å². The molecule has 11 nitrogen and oxygen atoms in total. The third-order valence-corrected chi connectivity index (χ3v) is 13.1. The van der Waals surface area contributed by atoms with E-state index < -0.39 is 18.1 Å². The van der Waals surface area contributed by atoms with E-state index in [4.69, 9.17) is 41.9 Å². The zero-order valence-corrected chi connectivity index (χ0v) is 38.5. The molecule has 64 heavy (non-hydrogen) atoms. The van der Waals surface area contributed by atoms with Crippen LogP contribution in [0.25, 0.3) is 11.1 Å². The number of halogens is 2. The van der Waals surface area contributed by atoms with Crippen molar-refractivity contribution in [1.29, 1.82) is 0 Å². The SMILES string of the molecule is CC[C@@H](Oc1ccc([C@H]2CN(C)Cc3cc4c(cc3O2)CN(Cc2cc(C)on2)[C@H](C(=O)N[C@@H](Cc2ccc(-c3ccnc(C)c3C)cc2)C(=O)OC)C4)cc1)c1ccc(Cl)c(Cl)c1. The van der Waals surface area contributed by atoms with Gasteiger partial charge in [0.05, 0.1) is 28.9 Å². The van der Waals surface area contributed by atoms with Crippen LogP contribution in [0.3, 0.4) is 0 Å². The molecule has 0 saturated heterocycles. The van der Waals surface area contributed by atoms with Gasteiger partial charge in [0.2, 0.25) is 5.91 Å². The van der Waals surface area contributed by atoms with Crippen LogP contribution >= 0.6 is 23.2 Å². The third-order valence-electron chi connectivity index (χ3n) is 12.3. The molecule has 0 aliphatic carbocycles. The van der Waals surface area contributed by atoms with Crippen LogP contribution in [-0.4, -0.2) is 64.6 Å². The van der Waals surface area contributed by atoms with Crippen LogP contribution in [0.4, 0.5) is 0 Å². The highest BCUT2D eigenvalue weighted by molar-refractivity contribution is 6.42. The van der Waals surface area contributed by atoms with Crippen molar-refractivity contribution in [3.05, 3.63) is 163 Å². The molecule has 0 fully saturated rings. The molecule has 0 spiro atoms. The number of nitrogens with zero attached hydrogens (tertiary/aromatic N) is 4. The summed E-state index contributed by atoms with van der Waals surface area (Å²) < 4.78 is 23.9. The maximum Gasteiger partial charge on any atom is 0.328 e. The lowest BCUT2D eigenvalue weighted by Crippen LogP contribution is -2.54. The molecule has 13 heteroatoms. The lowest BCUT2D eigenvalue weighted by Gasteiger charge is -2.36. The normalized spacial score (nSPS) is 17.3. The average Bonchev–Trinajstić information content (AvgIpc) is 3.63. The lowest BCUT2D eigenvalue weighted by atomic mass is 9.90. The van der Waals surface area contributed by atoms with E-state index in [2.05, 4.69) is 70.4 Å². The van der Waals surface area contributed by atoms with Crippen LogP contribution in [-0.2, 0) is 46.8 Å². The second-order valence-electron chi connectivity index (χ2n) is 16.9. The van der Waals surface area contributed by atoms with Gasteiger partial charge in [-0.2, -0.15) is 0 Å². The molecule has 6 aromatic rings. The molecule has 1 amide bonds. The Balaban J connectivity index is 1.01. The van der Waals surface area contributed by atoms with E-state index in [9.17, 15) is 9.59 Å². The molecule has 0 saturated carbocycles. The number of carbonyl (C=O) groups excluding carboxylic acids is 2. The largest absolute Gasteiger partial charge is 0.486 e. The number of hydrogen-bond donors (Lipinski definition) is 1. The first-order valence-electron chi connectivity index (χ1n) is 21.6. The van der Waals surface area contributed by atoms with Gasteiger partial charge in [-0.15, -0.1) is 0 Å². The minimum absolute atomic E-state index is 0.178. The van der Waals surface area contributed by atoms with Crippen molar-refractivity contribution in [2.75, 3.05) is 20.7 Å². The summed E-state index contributed by atoms with van der Waals surface area (Å²) in [5.41, 5.74) is 11.0. The van der Waals surface area contributed by atoms with E-state index in [1.807, 2.05) is 80.7 Å². The van der Waals surface area contributed by atoms with Gasteiger partial charge in [-0.05, 0) is 122 Å². The molecule has 0 unspecified atom stereocenters. The Bertz CT molecular complexity index is 2630. The molecule has 4 aromatic carbocycles. The summed E-state index contributed by atoms with van der Waals surface area (Å²) in [5.74, 6) is 1.47. The van der Waals surface area contributed by atoms with E-state index in [0.717, 1.165) is 73.7 Å². The van der Waals surface area contributed by atoms with Gasteiger partial charge >= 0.3 is 5.97 Å². The van der Waals surface area contributed by atoms with Crippen LogP contribution in [0, 0.1) is 20.8 Å². The number of ether oxygens (including phenoxy) is 3. The Labute approximate surface area is 384 Å². The molecule has 2 aromatic heterocycles. The van der Waals surface area contributed by atoms with Gasteiger partial charge in [0.15, 0.2) is 0 Å². The zero-order valence-electron chi connectivity index (χ0n) is 37.0. The van der Waals surface area contributed by atoms with Crippen molar-refractivity contribution in [2.24, 2.45) is 0 Å². The standard InChI is InChI=1S/C51H53Cl2N5O6/c1-7-47(36-14-17-43(52)44(53)23-36)62-41-15-12-35(13-16-41)49-29-57(5)26-39-22-37-24-46(58(27-38(37)25-48(39)63-49)28-40-20-30(2)64-56-40)50(59)55-45(51(60)61-6)21-33-8-10-34(11-9-33)42-18-19-54-32(4)31(42)3/h8-20,22-23,25,45-47,49H,7,21,24,26-29H2,1-6H3,(H,55,59)/t45-,46-,47+,49+/m0/s1. The number of rotatable bonds is 13. The maximum atomic E-state index is 14.5. The number of pyridine rings is 1. The van der Waals surface area contributed by atoms with Gasteiger partial charge in [-0.1, -0.05) is 83.8 Å². The predicted octanol–water partition coefficient (Wildman–Crippen LogP) is 9.89. The lowest BCUT2D eigenvalue weighted by molar-refractivity contribution is -0.146. The number of methoxy groups -OCH3 is 1. The van der Waals surface area contributed by atoms with Crippen LogP contribution in [0.15, 0.2) is 102 Å². The van der Waals surface area contributed by atoms with Gasteiger partial charge in [0, 0.05) is 56.1 Å². The molecule has 332 valence electrons. The Kier molecular flexibility index (Phi) is 13.7. The number of fused-ring (bicyclic) bond motifs is 2. The van der Waals surface area contributed by atoms with E-state index >= 15 is 0 Å². The number of benzene rings is 4. The summed E-state index contributed by atoms with van der Waals surface area (Å²) in [7, 11) is 3.43. The molecule has 0 radical (unpaired) electrons. The maximum absolute atomic E-state index is 14.5. The van der Waals surface area contributed by atoms with Gasteiger partial charge in [-0.3, -0.25) is 19.6 Å². The highest BCUT2D eigenvalue weighted by Gasteiger charge is 2.36. The Morgan fingerprint density at radius 1 is 0.906 bits per heavy atom. The van der Waals surface area contributed by atoms with E-state index in [1.165, 1.54) is 7.11 Å². The van der Waals surface area contributed by atoms with Crippen LogP contribution in [0.2, 0.25) is 10.0 Å². The number of esters is 1. The summed E-state index contributed by atoms with van der Waals surface area (Å²) in [6.07, 6.45) is 2.85. The number of aromatic nitrogens is 2. The molecule has 8 rings (SSSR count). The Morgan fingerprint density at radius 2 is 1.69 bits per heavy atom. The number of amides is 1. The fraction of sp³-hybridized carbons (Fsp3) is 0.333. The third kappa shape index (κ3) is 10.1. The van der Waals surface area contributed by atoms with Gasteiger partial charge in [-0.25, -0.2) is 4.79 Å². The number of hydrogen-bond acceptors (Lipinski definition) is 10. The number of likely N-dealkylation sites (N-methyl/N-ethyl adjacent to an activating group) is 1. The zero-order chi connectivity index (χ0) is 45.1. The molecular formula is C51H53Cl2N5O6. The Hall–Kier alpha value is -5.72. The second-order valence-corrected chi connectivity index (χ2v) is 17.7. The average molecular weight is 903 g/mol. The van der Waals surface area contributed by atoms with Crippen molar-refractivity contribution in [3.8, 4) is 22.6 Å². The summed E-state index contributed by atoms with van der Waals surface area (Å²) in [5, 5.41) is 8.35. The predicted molar refractivity (Wildman–Crippen MR) is 247 cm³/mol. The molecule has 2 aliphatic heterocycles. The second kappa shape index (κ2) is 19.6. The first-order valence-corrected chi connectivity index (χ1v) is 22.4. The molecule has 4 heterocycles. The molecule has 2 aliphatic rings. The minimum Gasteiger partial charge on any atom is -0.486 e. The topological polar surface area (TPSA) is 119 Å². The fourth-order valence-electron chi connectivity index (χ4n) is 8.72. The van der Waals surface area contributed by atoms with Crippen LogP contribution in [0.1, 0.15) is 81.6 Å². The number of aryl methyl sites for hydroxylation is 2. The van der Waals surface area contributed by atoms with E-state index in [-0.39, 0.29) is 24.5 Å². The Morgan fingerprint density at radius 3 is 2.39 bits per heavy atom. The molecule has 0 bridgehead atoms. The first kappa shape index (κ1) is 44.9. The molecule has 4 atom stereocenters. The fourth-order valence-corrected chi connectivity index (χ4v) is 9.03. The van der Waals surface area contributed by atoms with E-state index in [1.54, 1.807) is 6.07 Å². The van der Waals surface area contributed by atoms with Crippen LogP contribution in [0.5, 0.6) is 11.5 Å². The van der Waals surface area contributed by atoms with Gasteiger partial charge in [0.1, 0.15) is 35.5 Å². The summed E-state index contributed by atoms with van der Waals surface area (Å²) >= 11 is 12.5. The molecule has 1 N–H and O–H groups in total. The summed E-state index contributed by atoms with van der Waals surface area (Å²) in [4.78, 5) is 36.5. The van der Waals surface area contributed by atoms with E-state index in [0.29, 0.717) is 54.1 Å². The summed E-state index contributed by atoms with van der Waals surface area (Å²) in [6, 6.07) is 28.4. The minimum atomic E-state index is -0.895. The number of carbonyl (C=O) groups is 2. The highest BCUT2D eigenvalue weighted by atomic mass is 35.5. The van der Waals surface area contributed by atoms with Gasteiger partial charge < -0.3 is 24.1 Å². The van der Waals surface area contributed by atoms with Crippen molar-refractivity contribution >= 4 is 35.1 Å². The highest BCUT2D eigenvalue weighted by Crippen LogP contribution is 2.38. The van der Waals surface area contributed by atoms with Crippen molar-refractivity contribution in [1.82, 2.24) is 25.3 Å². The monoisotopic (exact) mass is 901 g/mol. The van der Waals surface area contributed by atoms with Crippen molar-refractivity contribution in [3.63, 3.8) is 0 Å². The first-order chi connectivity index (χ1) is 30.8. The quantitative estimate of drug-likeness (QED) is 0.112.